The molecule has 0 aliphatic carbocycles. The van der Waals surface area contributed by atoms with Crippen LogP contribution in [-0.2, 0) is 4.74 Å². The van der Waals surface area contributed by atoms with Gasteiger partial charge >= 0.3 is 5.97 Å². The molecule has 0 heterocycles. The number of esters is 1. The zero-order chi connectivity index (χ0) is 12.5. The van der Waals surface area contributed by atoms with Gasteiger partial charge in [0.15, 0.2) is 0 Å². The number of nitrogens with two attached hydrogens (primary N) is 1. The molecule has 0 unspecified atom stereocenters. The normalized spacial score (nSPS) is 11.2. The molecule has 0 saturated carbocycles. The van der Waals surface area contributed by atoms with Crippen molar-refractivity contribution < 1.29 is 14.6 Å². The minimum atomic E-state index is -0.555. The van der Waals surface area contributed by atoms with E-state index in [9.17, 15) is 9.90 Å². The first kappa shape index (κ1) is 12.4. The lowest BCUT2D eigenvalue weighted by molar-refractivity contribution is 0.00684. The maximum absolute atomic E-state index is 11.8. The molecule has 0 spiro atoms. The summed E-state index contributed by atoms with van der Waals surface area (Å²) in [5.74, 6) is -0.524. The second kappa shape index (κ2) is 4.04. The van der Waals surface area contributed by atoms with Gasteiger partial charge in [-0.3, -0.25) is 0 Å². The van der Waals surface area contributed by atoms with Crippen molar-refractivity contribution in [3.05, 3.63) is 23.3 Å². The molecule has 16 heavy (non-hydrogen) atoms. The van der Waals surface area contributed by atoms with Gasteiger partial charge in [-0.15, -0.1) is 0 Å². The molecule has 88 valence electrons. The predicted molar refractivity (Wildman–Crippen MR) is 62.4 cm³/mol. The molecule has 0 radical (unpaired) electrons. The Bertz CT molecular complexity index is 419. The van der Waals surface area contributed by atoms with Gasteiger partial charge in [-0.2, -0.15) is 0 Å². The molecule has 4 heteroatoms. The van der Waals surface area contributed by atoms with E-state index in [4.69, 9.17) is 10.5 Å². The smallest absolute Gasteiger partial charge is 0.339 e. The van der Waals surface area contributed by atoms with E-state index in [-0.39, 0.29) is 11.4 Å². The van der Waals surface area contributed by atoms with Crippen LogP contribution in [-0.4, -0.2) is 16.7 Å². The Morgan fingerprint density at radius 3 is 2.44 bits per heavy atom. The number of ether oxygens (including phenoxy) is 1. The first-order valence-corrected chi connectivity index (χ1v) is 5.04. The van der Waals surface area contributed by atoms with Crippen molar-refractivity contribution in [3.8, 4) is 5.75 Å². The van der Waals surface area contributed by atoms with Crippen LogP contribution in [0.1, 0.15) is 36.7 Å². The summed E-state index contributed by atoms with van der Waals surface area (Å²) in [5, 5.41) is 9.60. The summed E-state index contributed by atoms with van der Waals surface area (Å²) in [6, 6.07) is 3.04. The fraction of sp³-hybridized carbons (Fsp3) is 0.417. The second-order valence-corrected chi connectivity index (χ2v) is 4.68. The average molecular weight is 223 g/mol. The van der Waals surface area contributed by atoms with Gasteiger partial charge < -0.3 is 15.6 Å². The summed E-state index contributed by atoms with van der Waals surface area (Å²) < 4.78 is 5.21. The molecule has 1 rings (SSSR count). The Morgan fingerprint density at radius 1 is 1.38 bits per heavy atom. The van der Waals surface area contributed by atoms with Gasteiger partial charge in [-0.1, -0.05) is 0 Å². The standard InChI is InChI=1S/C12H17NO3/c1-7-8(5-6-9(13)10(7)14)11(15)16-12(2,3)4/h5-6,14H,13H2,1-4H3. The zero-order valence-corrected chi connectivity index (χ0v) is 10.00. The van der Waals surface area contributed by atoms with E-state index in [2.05, 4.69) is 0 Å². The van der Waals surface area contributed by atoms with E-state index in [0.29, 0.717) is 11.1 Å². The van der Waals surface area contributed by atoms with E-state index in [0.717, 1.165) is 0 Å². The number of carbonyl (C=O) groups is 1. The molecule has 1 aromatic carbocycles. The first-order chi connectivity index (χ1) is 7.22. The van der Waals surface area contributed by atoms with E-state index >= 15 is 0 Å². The number of nitrogen functional groups attached to an aromatic ring is 1. The van der Waals surface area contributed by atoms with Crippen molar-refractivity contribution in [3.63, 3.8) is 0 Å². The van der Waals surface area contributed by atoms with Gasteiger partial charge in [0.2, 0.25) is 0 Å². The van der Waals surface area contributed by atoms with Crippen LogP contribution in [0.15, 0.2) is 12.1 Å². The van der Waals surface area contributed by atoms with Gasteiger partial charge in [-0.05, 0) is 39.8 Å². The molecule has 0 bridgehead atoms. The molecule has 0 atom stereocenters. The third-order valence-corrected chi connectivity index (χ3v) is 2.08. The van der Waals surface area contributed by atoms with Gasteiger partial charge in [-0.25, -0.2) is 4.79 Å². The maximum atomic E-state index is 11.8. The minimum absolute atomic E-state index is 0.0663. The van der Waals surface area contributed by atoms with Crippen LogP contribution in [0.5, 0.6) is 5.75 Å². The molecule has 0 aliphatic heterocycles. The van der Waals surface area contributed by atoms with Crippen LogP contribution in [0, 0.1) is 6.92 Å². The summed E-state index contributed by atoms with van der Waals surface area (Å²) in [6.07, 6.45) is 0. The fourth-order valence-electron chi connectivity index (χ4n) is 1.28. The van der Waals surface area contributed by atoms with E-state index in [1.165, 1.54) is 6.07 Å². The second-order valence-electron chi connectivity index (χ2n) is 4.68. The third kappa shape index (κ3) is 2.66. The van der Waals surface area contributed by atoms with Crippen LogP contribution in [0.3, 0.4) is 0 Å². The average Bonchev–Trinajstić information content (AvgIpc) is 2.11. The Hall–Kier alpha value is -1.71. The monoisotopic (exact) mass is 223 g/mol. The van der Waals surface area contributed by atoms with Crippen LogP contribution in [0.25, 0.3) is 0 Å². The molecular formula is C12H17NO3. The summed E-state index contributed by atoms with van der Waals surface area (Å²) in [6.45, 7) is 7.00. The molecular weight excluding hydrogens is 206 g/mol. The van der Waals surface area contributed by atoms with E-state index in [1.54, 1.807) is 33.8 Å². The highest BCUT2D eigenvalue weighted by molar-refractivity contribution is 5.93. The number of phenols is 1. The number of hydrogen-bond acceptors (Lipinski definition) is 4. The lowest BCUT2D eigenvalue weighted by atomic mass is 10.1. The summed E-state index contributed by atoms with van der Waals surface area (Å²) >= 11 is 0. The topological polar surface area (TPSA) is 72.5 Å². The molecule has 3 N–H and O–H groups in total. The molecule has 4 nitrogen and oxygen atoms in total. The number of aromatic hydroxyl groups is 1. The molecule has 0 amide bonds. The van der Waals surface area contributed by atoms with Gasteiger partial charge in [0.05, 0.1) is 11.3 Å². The van der Waals surface area contributed by atoms with Gasteiger partial charge in [0.25, 0.3) is 0 Å². The van der Waals surface area contributed by atoms with Crippen molar-refractivity contribution in [1.29, 1.82) is 0 Å². The van der Waals surface area contributed by atoms with Crippen molar-refractivity contribution in [1.82, 2.24) is 0 Å². The third-order valence-electron chi connectivity index (χ3n) is 2.08. The number of phenolic OH excluding ortho intramolecular Hbond substituents is 1. The molecule has 0 saturated heterocycles. The summed E-state index contributed by atoms with van der Waals surface area (Å²) in [5.41, 5.74) is 5.99. The Morgan fingerprint density at radius 2 is 1.94 bits per heavy atom. The Balaban J connectivity index is 3.06. The maximum Gasteiger partial charge on any atom is 0.339 e. The molecule has 0 fully saturated rings. The quantitative estimate of drug-likeness (QED) is 0.435. The van der Waals surface area contributed by atoms with E-state index in [1.807, 2.05) is 0 Å². The van der Waals surface area contributed by atoms with Crippen molar-refractivity contribution in [2.75, 3.05) is 5.73 Å². The molecule has 1 aromatic rings. The first-order valence-electron chi connectivity index (χ1n) is 5.04. The van der Waals surface area contributed by atoms with Crippen molar-refractivity contribution in [2.45, 2.75) is 33.3 Å². The lowest BCUT2D eigenvalue weighted by Crippen LogP contribution is -2.24. The van der Waals surface area contributed by atoms with Crippen LogP contribution in [0.2, 0.25) is 0 Å². The Kier molecular flexibility index (Phi) is 3.12. The number of benzene rings is 1. The Labute approximate surface area is 95.0 Å². The van der Waals surface area contributed by atoms with Gasteiger partial charge in [0.1, 0.15) is 11.4 Å². The number of anilines is 1. The lowest BCUT2D eigenvalue weighted by Gasteiger charge is -2.20. The molecule has 0 aliphatic rings. The van der Waals surface area contributed by atoms with Crippen molar-refractivity contribution >= 4 is 11.7 Å². The van der Waals surface area contributed by atoms with Crippen molar-refractivity contribution in [2.24, 2.45) is 0 Å². The number of carbonyl (C=O) groups excluding carboxylic acids is 1. The highest BCUT2D eigenvalue weighted by Crippen LogP contribution is 2.28. The highest BCUT2D eigenvalue weighted by atomic mass is 16.6. The summed E-state index contributed by atoms with van der Waals surface area (Å²) in [7, 11) is 0. The van der Waals surface area contributed by atoms with E-state index < -0.39 is 11.6 Å². The number of hydrogen-bond donors (Lipinski definition) is 2. The SMILES string of the molecule is Cc1c(C(=O)OC(C)(C)C)ccc(N)c1O. The molecule has 0 aromatic heterocycles. The summed E-state index contributed by atoms with van der Waals surface area (Å²) in [4.78, 5) is 11.8. The highest BCUT2D eigenvalue weighted by Gasteiger charge is 2.20. The van der Waals surface area contributed by atoms with Gasteiger partial charge in [0, 0.05) is 5.56 Å². The largest absolute Gasteiger partial charge is 0.505 e. The number of rotatable bonds is 1. The zero-order valence-electron chi connectivity index (χ0n) is 10.00. The predicted octanol–water partition coefficient (Wildman–Crippen LogP) is 2.24. The van der Waals surface area contributed by atoms with Crippen LogP contribution < -0.4 is 5.73 Å². The van der Waals surface area contributed by atoms with Crippen LogP contribution in [0.4, 0.5) is 5.69 Å². The fourth-order valence-corrected chi connectivity index (χ4v) is 1.28. The van der Waals surface area contributed by atoms with Crippen LogP contribution >= 0.6 is 0 Å². The minimum Gasteiger partial charge on any atom is -0.505 e.